The van der Waals surface area contributed by atoms with Gasteiger partial charge in [-0.3, -0.25) is 0 Å². The Morgan fingerprint density at radius 1 is 0.690 bits per heavy atom. The molecule has 0 aliphatic rings. The second kappa shape index (κ2) is 12.9. The van der Waals surface area contributed by atoms with Crippen molar-refractivity contribution in [2.24, 2.45) is 11.8 Å². The van der Waals surface area contributed by atoms with E-state index in [-0.39, 0.29) is 25.0 Å². The van der Waals surface area contributed by atoms with Crippen molar-refractivity contribution in [3.05, 3.63) is 0 Å². The molecule has 29 heavy (non-hydrogen) atoms. The van der Waals surface area contributed by atoms with Gasteiger partial charge in [-0.15, -0.1) is 0 Å². The van der Waals surface area contributed by atoms with Crippen molar-refractivity contribution < 1.29 is 27.9 Å². The number of hydrogen-bond acceptors (Lipinski definition) is 6. The molecule has 0 saturated carbocycles. The van der Waals surface area contributed by atoms with Gasteiger partial charge in [0, 0.05) is 0 Å². The molecule has 172 valence electrons. The molecule has 0 spiro atoms. The molecule has 0 aliphatic heterocycles. The quantitative estimate of drug-likeness (QED) is 0.275. The Morgan fingerprint density at radius 2 is 1.03 bits per heavy atom. The number of hydrogen-bond donors (Lipinski definition) is 0. The number of carbonyl (C=O) groups is 2. The minimum Gasteiger partial charge on any atom is -0.463 e. The lowest BCUT2D eigenvalue weighted by Gasteiger charge is -2.36. The van der Waals surface area contributed by atoms with Crippen LogP contribution in [0.4, 0.5) is 0 Å². The SMILES string of the molecule is CC[Si](CC)(CC)OC(C(=O)OCC(C)C)C(O[Si](C)(C)C)C(=O)OCC(C)C. The Bertz CT molecular complexity index is 490. The van der Waals surface area contributed by atoms with Crippen LogP contribution in [0.2, 0.25) is 37.8 Å². The first-order valence-corrected chi connectivity index (χ1v) is 16.9. The van der Waals surface area contributed by atoms with E-state index in [1.54, 1.807) is 0 Å². The van der Waals surface area contributed by atoms with Crippen LogP contribution in [0.3, 0.4) is 0 Å². The molecule has 8 heteroatoms. The molecule has 0 aromatic rings. The van der Waals surface area contributed by atoms with Crippen molar-refractivity contribution in [2.45, 2.75) is 98.4 Å². The summed E-state index contributed by atoms with van der Waals surface area (Å²) < 4.78 is 23.6. The summed E-state index contributed by atoms with van der Waals surface area (Å²) in [6.45, 7) is 20.6. The highest BCUT2D eigenvalue weighted by Gasteiger charge is 2.45. The number of ether oxygens (including phenoxy) is 2. The lowest BCUT2D eigenvalue weighted by molar-refractivity contribution is -0.171. The maximum atomic E-state index is 13.0. The zero-order valence-corrected chi connectivity index (χ0v) is 22.3. The fraction of sp³-hybridized carbons (Fsp3) is 0.905. The third kappa shape index (κ3) is 10.8. The molecule has 0 aliphatic carbocycles. The highest BCUT2D eigenvalue weighted by atomic mass is 28.4. The van der Waals surface area contributed by atoms with Gasteiger partial charge in [0.2, 0.25) is 0 Å². The molecule has 0 bridgehead atoms. The average molecular weight is 449 g/mol. The summed E-state index contributed by atoms with van der Waals surface area (Å²) >= 11 is 0. The number of esters is 2. The first-order chi connectivity index (χ1) is 13.3. The molecule has 0 N–H and O–H groups in total. The maximum Gasteiger partial charge on any atom is 0.337 e. The summed E-state index contributed by atoms with van der Waals surface area (Å²) in [6.07, 6.45) is -2.19. The van der Waals surface area contributed by atoms with Crippen molar-refractivity contribution >= 4 is 28.6 Å². The van der Waals surface area contributed by atoms with Crippen LogP contribution in [0.1, 0.15) is 48.5 Å². The monoisotopic (exact) mass is 448 g/mol. The summed E-state index contributed by atoms with van der Waals surface area (Å²) in [6, 6.07) is 2.57. The second-order valence-corrected chi connectivity index (χ2v) is 18.7. The summed E-state index contributed by atoms with van der Waals surface area (Å²) in [4.78, 5) is 26.0. The lowest BCUT2D eigenvalue weighted by atomic mass is 10.2. The van der Waals surface area contributed by atoms with Crippen LogP contribution in [0.25, 0.3) is 0 Å². The minimum atomic E-state index is -2.20. The zero-order chi connectivity index (χ0) is 22.8. The molecule has 2 unspecified atom stereocenters. The highest BCUT2D eigenvalue weighted by molar-refractivity contribution is 6.73. The fourth-order valence-corrected chi connectivity index (χ4v) is 6.52. The highest BCUT2D eigenvalue weighted by Crippen LogP contribution is 2.27. The van der Waals surface area contributed by atoms with E-state index in [1.807, 2.05) is 47.3 Å². The van der Waals surface area contributed by atoms with E-state index in [1.165, 1.54) is 0 Å². The van der Waals surface area contributed by atoms with Crippen LogP contribution in [0.5, 0.6) is 0 Å². The van der Waals surface area contributed by atoms with Crippen LogP contribution in [-0.4, -0.2) is 54.0 Å². The van der Waals surface area contributed by atoms with Gasteiger partial charge < -0.3 is 18.3 Å². The third-order valence-corrected chi connectivity index (χ3v) is 10.2. The van der Waals surface area contributed by atoms with E-state index in [4.69, 9.17) is 18.3 Å². The Morgan fingerprint density at radius 3 is 1.31 bits per heavy atom. The van der Waals surface area contributed by atoms with Gasteiger partial charge >= 0.3 is 11.9 Å². The summed E-state index contributed by atoms with van der Waals surface area (Å²) in [5.41, 5.74) is 0. The topological polar surface area (TPSA) is 71.1 Å². The third-order valence-electron chi connectivity index (χ3n) is 4.65. The molecule has 0 heterocycles. The maximum absolute atomic E-state index is 13.0. The average Bonchev–Trinajstić information content (AvgIpc) is 2.63. The van der Waals surface area contributed by atoms with Crippen LogP contribution in [0, 0.1) is 11.8 Å². The van der Waals surface area contributed by atoms with E-state index >= 15 is 0 Å². The molecule has 0 aromatic carbocycles. The first kappa shape index (κ1) is 28.3. The predicted octanol–water partition coefficient (Wildman–Crippen LogP) is 5.00. The van der Waals surface area contributed by atoms with Crippen LogP contribution in [0.15, 0.2) is 0 Å². The Balaban J connectivity index is 5.95. The van der Waals surface area contributed by atoms with Gasteiger partial charge in [0.05, 0.1) is 13.2 Å². The van der Waals surface area contributed by atoms with Gasteiger partial charge in [-0.2, -0.15) is 0 Å². The number of rotatable bonds is 14. The van der Waals surface area contributed by atoms with Gasteiger partial charge in [0.25, 0.3) is 0 Å². The molecule has 0 radical (unpaired) electrons. The van der Waals surface area contributed by atoms with Crippen molar-refractivity contribution in [3.8, 4) is 0 Å². The molecule has 0 fully saturated rings. The Kier molecular flexibility index (Phi) is 12.6. The van der Waals surface area contributed by atoms with Crippen molar-refractivity contribution in [3.63, 3.8) is 0 Å². The first-order valence-electron chi connectivity index (χ1n) is 11.0. The van der Waals surface area contributed by atoms with Gasteiger partial charge in [0.15, 0.2) is 28.8 Å². The molecular formula is C21H44O6Si2. The minimum absolute atomic E-state index is 0.189. The predicted molar refractivity (Wildman–Crippen MR) is 122 cm³/mol. The largest absolute Gasteiger partial charge is 0.463 e. The van der Waals surface area contributed by atoms with Gasteiger partial charge in [-0.25, -0.2) is 9.59 Å². The summed E-state index contributed by atoms with van der Waals surface area (Å²) in [7, 11) is -4.37. The van der Waals surface area contributed by atoms with Gasteiger partial charge in [0.1, 0.15) is 0 Å². The number of carbonyl (C=O) groups excluding carboxylic acids is 2. The lowest BCUT2D eigenvalue weighted by Crippen LogP contribution is -2.54. The molecule has 6 nitrogen and oxygen atoms in total. The molecule has 2 atom stereocenters. The molecule has 0 aromatic heterocycles. The van der Waals surface area contributed by atoms with E-state index < -0.39 is 40.8 Å². The van der Waals surface area contributed by atoms with Crippen molar-refractivity contribution in [2.75, 3.05) is 13.2 Å². The van der Waals surface area contributed by atoms with Crippen LogP contribution in [-0.2, 0) is 27.9 Å². The Labute approximate surface area is 180 Å². The molecule has 0 amide bonds. The smallest absolute Gasteiger partial charge is 0.337 e. The van der Waals surface area contributed by atoms with E-state index in [2.05, 4.69) is 20.8 Å². The summed E-state index contributed by atoms with van der Waals surface area (Å²) in [5, 5.41) is 0. The zero-order valence-electron chi connectivity index (χ0n) is 20.3. The van der Waals surface area contributed by atoms with E-state index in [9.17, 15) is 9.59 Å². The molecular weight excluding hydrogens is 404 g/mol. The molecule has 0 rings (SSSR count). The molecule has 0 saturated heterocycles. The van der Waals surface area contributed by atoms with E-state index in [0.717, 1.165) is 18.1 Å². The van der Waals surface area contributed by atoms with Crippen LogP contribution < -0.4 is 0 Å². The summed E-state index contributed by atoms with van der Waals surface area (Å²) in [5.74, 6) is -0.696. The van der Waals surface area contributed by atoms with Crippen LogP contribution >= 0.6 is 0 Å². The fourth-order valence-electron chi connectivity index (χ4n) is 2.78. The second-order valence-electron chi connectivity index (χ2n) is 9.48. The van der Waals surface area contributed by atoms with Gasteiger partial charge in [-0.1, -0.05) is 48.5 Å². The van der Waals surface area contributed by atoms with E-state index in [0.29, 0.717) is 0 Å². The van der Waals surface area contributed by atoms with Crippen molar-refractivity contribution in [1.82, 2.24) is 0 Å². The standard InChI is InChI=1S/C21H44O6Si2/c1-11-29(12-2,13-3)27-19(21(23)25-15-17(6)7)18(26-28(8,9)10)20(22)24-14-16(4)5/h16-19H,11-15H2,1-10H3. The van der Waals surface area contributed by atoms with Crippen molar-refractivity contribution in [1.29, 1.82) is 0 Å². The Hall–Kier alpha value is -0.706. The van der Waals surface area contributed by atoms with Gasteiger partial charge in [-0.05, 0) is 49.6 Å². The normalized spacial score (nSPS) is 14.8.